The summed E-state index contributed by atoms with van der Waals surface area (Å²) in [5.41, 5.74) is 2.54. The minimum atomic E-state index is -0.877. The number of hydrogen-bond acceptors (Lipinski definition) is 6. The molecule has 1 aromatic carbocycles. The van der Waals surface area contributed by atoms with Crippen LogP contribution in [0, 0.1) is 11.3 Å². The molecule has 2 fully saturated rings. The number of amides is 3. The molecule has 2 N–H and O–H groups in total. The third kappa shape index (κ3) is 6.14. The molecule has 3 amide bonds. The molecular formula is C28H41N5O4. The van der Waals surface area contributed by atoms with Crippen LogP contribution in [0.2, 0.25) is 0 Å². The van der Waals surface area contributed by atoms with Crippen LogP contribution in [0.1, 0.15) is 57.6 Å². The molecule has 1 spiro atoms. The second-order valence-corrected chi connectivity index (χ2v) is 10.9. The number of Topliss-reactive ketones (excluding diaryl/α,β-unsaturated/α-hetero) is 1. The van der Waals surface area contributed by atoms with Gasteiger partial charge in [0.25, 0.3) is 0 Å². The van der Waals surface area contributed by atoms with Gasteiger partial charge in [-0.05, 0) is 76.6 Å². The fourth-order valence-electron chi connectivity index (χ4n) is 6.23. The van der Waals surface area contributed by atoms with E-state index >= 15 is 0 Å². The van der Waals surface area contributed by atoms with E-state index in [1.165, 1.54) is 12.5 Å². The predicted octanol–water partition coefficient (Wildman–Crippen LogP) is 3.41. The van der Waals surface area contributed by atoms with Gasteiger partial charge >= 0.3 is 12.1 Å². The molecule has 202 valence electrons. The fraction of sp³-hybridized carbons (Fsp3) is 0.643. The molecule has 4 rings (SSSR count). The van der Waals surface area contributed by atoms with Crippen LogP contribution in [0.4, 0.5) is 9.59 Å². The zero-order chi connectivity index (χ0) is 26.6. The summed E-state index contributed by atoms with van der Waals surface area (Å²) in [5.74, 6) is 0.350. The molecule has 1 aromatic rings. The molecule has 1 unspecified atom stereocenters. The molecule has 0 saturated carbocycles. The molecule has 3 aliphatic heterocycles. The van der Waals surface area contributed by atoms with Crippen molar-refractivity contribution in [2.24, 2.45) is 5.92 Å². The predicted molar refractivity (Wildman–Crippen MR) is 142 cm³/mol. The standard InChI is InChI=1S/C28H41N5O4/c1-4-37-27(36)32-13-9-22(10-14-32)17-31-15-11-28(12-16-31)19-33(18-23-7-5-6-8-24(23)28)26(35)30-25(20(2)29)21(3)34/h5-8,22,25,29H,4,9-19H2,1-3H3,(H,30,35). The minimum Gasteiger partial charge on any atom is -0.450 e. The Labute approximate surface area is 220 Å². The number of fused-ring (bicyclic) bond motifs is 2. The van der Waals surface area contributed by atoms with E-state index in [9.17, 15) is 14.4 Å². The number of urea groups is 1. The smallest absolute Gasteiger partial charge is 0.409 e. The van der Waals surface area contributed by atoms with Crippen molar-refractivity contribution in [2.45, 2.75) is 64.5 Å². The van der Waals surface area contributed by atoms with Crippen LogP contribution in [-0.2, 0) is 21.5 Å². The molecule has 3 heterocycles. The van der Waals surface area contributed by atoms with Gasteiger partial charge in [0.05, 0.1) is 6.61 Å². The lowest BCUT2D eigenvalue weighted by molar-refractivity contribution is -0.117. The molecular weight excluding hydrogens is 470 g/mol. The number of nitrogens with one attached hydrogen (secondary N) is 2. The van der Waals surface area contributed by atoms with Gasteiger partial charge in [0.1, 0.15) is 6.04 Å². The highest BCUT2D eigenvalue weighted by Gasteiger charge is 2.43. The monoisotopic (exact) mass is 511 g/mol. The van der Waals surface area contributed by atoms with Gasteiger partial charge < -0.3 is 30.2 Å². The number of ketones is 1. The van der Waals surface area contributed by atoms with Crippen molar-refractivity contribution in [1.29, 1.82) is 5.41 Å². The molecule has 9 nitrogen and oxygen atoms in total. The molecule has 9 heteroatoms. The summed E-state index contributed by atoms with van der Waals surface area (Å²) in [6, 6.07) is 7.26. The van der Waals surface area contributed by atoms with Crippen molar-refractivity contribution >= 4 is 23.6 Å². The molecule has 1 atom stereocenters. The Bertz CT molecular complexity index is 998. The quantitative estimate of drug-likeness (QED) is 0.570. The van der Waals surface area contributed by atoms with E-state index in [1.54, 1.807) is 6.92 Å². The first-order chi connectivity index (χ1) is 17.7. The number of benzene rings is 1. The van der Waals surface area contributed by atoms with Crippen molar-refractivity contribution in [2.75, 3.05) is 45.9 Å². The van der Waals surface area contributed by atoms with Crippen molar-refractivity contribution in [3.05, 3.63) is 35.4 Å². The molecule has 3 aliphatic rings. The Morgan fingerprint density at radius 2 is 1.76 bits per heavy atom. The number of nitrogens with zero attached hydrogens (tertiary/aromatic N) is 3. The Morgan fingerprint density at radius 3 is 2.38 bits per heavy atom. The second-order valence-electron chi connectivity index (χ2n) is 10.9. The zero-order valence-corrected chi connectivity index (χ0v) is 22.4. The van der Waals surface area contributed by atoms with Gasteiger partial charge in [0.15, 0.2) is 5.78 Å². The Kier molecular flexibility index (Phi) is 8.52. The number of hydrogen-bond donors (Lipinski definition) is 2. The lowest BCUT2D eigenvalue weighted by Gasteiger charge is -2.49. The van der Waals surface area contributed by atoms with E-state index in [-0.39, 0.29) is 29.0 Å². The van der Waals surface area contributed by atoms with E-state index in [4.69, 9.17) is 10.1 Å². The van der Waals surface area contributed by atoms with Crippen LogP contribution in [0.3, 0.4) is 0 Å². The maximum absolute atomic E-state index is 13.2. The lowest BCUT2D eigenvalue weighted by atomic mass is 9.68. The van der Waals surface area contributed by atoms with Crippen molar-refractivity contribution in [3.63, 3.8) is 0 Å². The molecule has 0 radical (unpaired) electrons. The fourth-order valence-corrected chi connectivity index (χ4v) is 6.23. The Hall–Kier alpha value is -2.94. The molecule has 2 saturated heterocycles. The van der Waals surface area contributed by atoms with Gasteiger partial charge in [-0.25, -0.2) is 9.59 Å². The number of rotatable bonds is 6. The highest BCUT2D eigenvalue weighted by molar-refractivity contribution is 6.07. The number of piperidine rings is 2. The Balaban J connectivity index is 1.38. The number of ether oxygens (including phenoxy) is 1. The minimum absolute atomic E-state index is 0.110. The molecule has 0 aromatic heterocycles. The SMILES string of the molecule is CCOC(=O)N1CCC(CN2CCC3(CC2)CN(C(=O)NC(C(C)=N)C(C)=O)Cc2ccccc23)CC1. The van der Waals surface area contributed by atoms with Gasteiger partial charge in [0, 0.05) is 43.9 Å². The summed E-state index contributed by atoms with van der Waals surface area (Å²) in [4.78, 5) is 43.4. The van der Waals surface area contributed by atoms with Crippen LogP contribution in [0.15, 0.2) is 24.3 Å². The first-order valence-electron chi connectivity index (χ1n) is 13.6. The van der Waals surface area contributed by atoms with E-state index in [0.717, 1.165) is 64.0 Å². The van der Waals surface area contributed by atoms with Crippen LogP contribution >= 0.6 is 0 Å². The summed E-state index contributed by atoms with van der Waals surface area (Å²) >= 11 is 0. The average Bonchev–Trinajstić information content (AvgIpc) is 2.88. The summed E-state index contributed by atoms with van der Waals surface area (Å²) in [5, 5.41) is 10.7. The van der Waals surface area contributed by atoms with Gasteiger partial charge in [0.2, 0.25) is 0 Å². The topological polar surface area (TPSA) is 106 Å². The van der Waals surface area contributed by atoms with E-state index < -0.39 is 6.04 Å². The third-order valence-electron chi connectivity index (χ3n) is 8.31. The number of carbonyl (C=O) groups is 3. The van der Waals surface area contributed by atoms with E-state index in [1.807, 2.05) is 22.8 Å². The summed E-state index contributed by atoms with van der Waals surface area (Å²) in [6.07, 6.45) is 3.74. The molecule has 0 aliphatic carbocycles. The maximum Gasteiger partial charge on any atom is 0.409 e. The summed E-state index contributed by atoms with van der Waals surface area (Å²) < 4.78 is 5.15. The van der Waals surface area contributed by atoms with Gasteiger partial charge in [-0.3, -0.25) is 4.79 Å². The highest BCUT2D eigenvalue weighted by Crippen LogP contribution is 2.42. The van der Waals surface area contributed by atoms with E-state index in [0.29, 0.717) is 25.6 Å². The summed E-state index contributed by atoms with van der Waals surface area (Å²) in [7, 11) is 0. The first kappa shape index (κ1) is 27.1. The van der Waals surface area contributed by atoms with Crippen LogP contribution in [0.25, 0.3) is 0 Å². The van der Waals surface area contributed by atoms with Gasteiger partial charge in [-0.1, -0.05) is 24.3 Å². The first-order valence-corrected chi connectivity index (χ1v) is 13.6. The lowest BCUT2D eigenvalue weighted by Crippen LogP contribution is -2.57. The average molecular weight is 512 g/mol. The largest absolute Gasteiger partial charge is 0.450 e. The normalized spacial score (nSPS) is 20.7. The zero-order valence-electron chi connectivity index (χ0n) is 22.4. The van der Waals surface area contributed by atoms with Crippen molar-refractivity contribution in [3.8, 4) is 0 Å². The molecule has 0 bridgehead atoms. The van der Waals surface area contributed by atoms with Crippen molar-refractivity contribution in [1.82, 2.24) is 20.0 Å². The number of likely N-dealkylation sites (tertiary alicyclic amines) is 2. The van der Waals surface area contributed by atoms with Crippen molar-refractivity contribution < 1.29 is 19.1 Å². The highest BCUT2D eigenvalue weighted by atomic mass is 16.6. The summed E-state index contributed by atoms with van der Waals surface area (Å²) in [6.45, 7) is 10.8. The third-order valence-corrected chi connectivity index (χ3v) is 8.31. The van der Waals surface area contributed by atoms with Gasteiger partial charge in [-0.15, -0.1) is 0 Å². The maximum atomic E-state index is 13.2. The van der Waals surface area contributed by atoms with Crippen LogP contribution in [0.5, 0.6) is 0 Å². The van der Waals surface area contributed by atoms with Gasteiger partial charge in [-0.2, -0.15) is 0 Å². The van der Waals surface area contributed by atoms with E-state index in [2.05, 4.69) is 28.4 Å². The number of carbonyl (C=O) groups excluding carboxylic acids is 3. The molecule has 37 heavy (non-hydrogen) atoms. The van der Waals surface area contributed by atoms with Crippen LogP contribution < -0.4 is 5.32 Å². The second kappa shape index (κ2) is 11.6. The Morgan fingerprint density at radius 1 is 1.08 bits per heavy atom. The van der Waals surface area contributed by atoms with Crippen LogP contribution in [-0.4, -0.2) is 90.2 Å².